The Balaban J connectivity index is 2.36. The highest BCUT2D eigenvalue weighted by Crippen LogP contribution is 2.26. The Hall–Kier alpha value is -2.14. The van der Waals surface area contributed by atoms with Crippen LogP contribution in [-0.4, -0.2) is 12.1 Å². The number of nitrogens with two attached hydrogens (primary N) is 1. The molecule has 104 valence electrons. The van der Waals surface area contributed by atoms with Crippen LogP contribution in [0.3, 0.4) is 0 Å². The number of anilines is 2. The molecule has 0 amide bonds. The van der Waals surface area contributed by atoms with Gasteiger partial charge in [0, 0.05) is 23.0 Å². The Kier molecular flexibility index (Phi) is 4.20. The summed E-state index contributed by atoms with van der Waals surface area (Å²) in [5.41, 5.74) is 8.83. The van der Waals surface area contributed by atoms with Crippen molar-refractivity contribution in [1.82, 2.24) is 0 Å². The van der Waals surface area contributed by atoms with Crippen molar-refractivity contribution in [3.05, 3.63) is 53.3 Å². The van der Waals surface area contributed by atoms with E-state index in [1.54, 1.807) is 12.1 Å². The lowest BCUT2D eigenvalue weighted by Crippen LogP contribution is -2.12. The van der Waals surface area contributed by atoms with E-state index in [1.165, 1.54) is 13.2 Å². The van der Waals surface area contributed by atoms with Crippen LogP contribution in [0.4, 0.5) is 15.8 Å². The first kappa shape index (κ1) is 14.3. The van der Waals surface area contributed by atoms with E-state index in [-0.39, 0.29) is 5.75 Å². The van der Waals surface area contributed by atoms with Crippen molar-refractivity contribution < 1.29 is 9.13 Å². The monoisotopic (exact) mass is 290 g/mol. The van der Waals surface area contributed by atoms with Gasteiger partial charge in [-0.3, -0.25) is 0 Å². The highest BCUT2D eigenvalue weighted by Gasteiger charge is 2.08. The van der Waals surface area contributed by atoms with Crippen molar-refractivity contribution in [2.45, 2.75) is 6.92 Å². The fourth-order valence-corrected chi connectivity index (χ4v) is 2.05. The number of aryl methyl sites for hydroxylation is 1. The van der Waals surface area contributed by atoms with Crippen molar-refractivity contribution >= 4 is 28.6 Å². The standard InChI is InChI=1S/C15H15FN2OS/c1-9-3-5-11(15(17)20)13(7-9)18-10-4-6-14(19-2)12(16)8-10/h3-8,18H,1-2H3,(H2,17,20). The summed E-state index contributed by atoms with van der Waals surface area (Å²) in [5, 5.41) is 3.12. The van der Waals surface area contributed by atoms with E-state index in [0.29, 0.717) is 10.7 Å². The quantitative estimate of drug-likeness (QED) is 0.846. The molecule has 0 aliphatic heterocycles. The number of ether oxygens (including phenoxy) is 1. The van der Waals surface area contributed by atoms with Gasteiger partial charge in [0.25, 0.3) is 0 Å². The third-order valence-corrected chi connectivity index (χ3v) is 3.09. The molecule has 3 nitrogen and oxygen atoms in total. The van der Waals surface area contributed by atoms with E-state index in [2.05, 4.69) is 5.32 Å². The van der Waals surface area contributed by atoms with E-state index < -0.39 is 5.82 Å². The molecule has 0 fully saturated rings. The first-order valence-corrected chi connectivity index (χ1v) is 6.43. The number of benzene rings is 2. The zero-order chi connectivity index (χ0) is 14.7. The summed E-state index contributed by atoms with van der Waals surface area (Å²) in [6.45, 7) is 1.96. The summed E-state index contributed by atoms with van der Waals surface area (Å²) in [4.78, 5) is 0.293. The minimum absolute atomic E-state index is 0.203. The molecule has 2 aromatic carbocycles. The Morgan fingerprint density at radius 2 is 2.00 bits per heavy atom. The molecule has 0 aromatic heterocycles. The number of thiocarbonyl (C=S) groups is 1. The largest absolute Gasteiger partial charge is 0.494 e. The fraction of sp³-hybridized carbons (Fsp3) is 0.133. The van der Waals surface area contributed by atoms with E-state index in [4.69, 9.17) is 22.7 Å². The van der Waals surface area contributed by atoms with E-state index in [0.717, 1.165) is 16.8 Å². The van der Waals surface area contributed by atoms with E-state index >= 15 is 0 Å². The molecule has 0 atom stereocenters. The summed E-state index contributed by atoms with van der Waals surface area (Å²) in [6.07, 6.45) is 0. The lowest BCUT2D eigenvalue weighted by Gasteiger charge is -2.13. The normalized spacial score (nSPS) is 10.2. The predicted molar refractivity (Wildman–Crippen MR) is 83.3 cm³/mol. The molecule has 0 unspecified atom stereocenters. The lowest BCUT2D eigenvalue weighted by molar-refractivity contribution is 0.386. The average Bonchev–Trinajstić information content (AvgIpc) is 2.38. The van der Waals surface area contributed by atoms with Gasteiger partial charge in [-0.05, 0) is 36.8 Å². The summed E-state index contributed by atoms with van der Waals surface area (Å²) in [6, 6.07) is 10.3. The van der Waals surface area contributed by atoms with Gasteiger partial charge in [0.05, 0.1) is 7.11 Å². The van der Waals surface area contributed by atoms with Crippen LogP contribution < -0.4 is 15.8 Å². The van der Waals surface area contributed by atoms with Crippen LogP contribution in [0.15, 0.2) is 36.4 Å². The number of hydrogen-bond acceptors (Lipinski definition) is 3. The van der Waals surface area contributed by atoms with Gasteiger partial charge in [-0.25, -0.2) is 4.39 Å². The van der Waals surface area contributed by atoms with Gasteiger partial charge >= 0.3 is 0 Å². The second-order valence-corrected chi connectivity index (χ2v) is 4.83. The molecular formula is C15H15FN2OS. The molecule has 0 spiro atoms. The minimum atomic E-state index is -0.429. The van der Waals surface area contributed by atoms with Crippen molar-refractivity contribution in [2.75, 3.05) is 12.4 Å². The molecule has 0 aliphatic carbocycles. The Morgan fingerprint density at radius 3 is 2.60 bits per heavy atom. The van der Waals surface area contributed by atoms with Gasteiger partial charge < -0.3 is 15.8 Å². The zero-order valence-electron chi connectivity index (χ0n) is 11.2. The first-order valence-electron chi connectivity index (χ1n) is 6.02. The maximum atomic E-state index is 13.7. The van der Waals surface area contributed by atoms with E-state index in [9.17, 15) is 4.39 Å². The molecule has 0 saturated carbocycles. The highest BCUT2D eigenvalue weighted by molar-refractivity contribution is 7.80. The molecule has 3 N–H and O–H groups in total. The van der Waals surface area contributed by atoms with Crippen LogP contribution in [0.25, 0.3) is 0 Å². The average molecular weight is 290 g/mol. The Morgan fingerprint density at radius 1 is 1.25 bits per heavy atom. The Bertz CT molecular complexity index is 658. The van der Waals surface area contributed by atoms with Crippen molar-refractivity contribution in [3.8, 4) is 5.75 Å². The first-order chi connectivity index (χ1) is 9.51. The van der Waals surface area contributed by atoms with Gasteiger partial charge in [0.2, 0.25) is 0 Å². The molecule has 5 heteroatoms. The summed E-state index contributed by atoms with van der Waals surface area (Å²) < 4.78 is 18.6. The molecular weight excluding hydrogens is 275 g/mol. The van der Waals surface area contributed by atoms with Crippen molar-refractivity contribution in [3.63, 3.8) is 0 Å². The number of rotatable bonds is 4. The Labute approximate surface area is 122 Å². The van der Waals surface area contributed by atoms with Crippen LogP contribution in [-0.2, 0) is 0 Å². The number of halogens is 1. The number of methoxy groups -OCH3 is 1. The van der Waals surface area contributed by atoms with Gasteiger partial charge in [0.1, 0.15) is 4.99 Å². The minimum Gasteiger partial charge on any atom is -0.494 e. The zero-order valence-corrected chi connectivity index (χ0v) is 12.1. The number of hydrogen-bond donors (Lipinski definition) is 2. The molecule has 0 saturated heterocycles. The molecule has 0 radical (unpaired) electrons. The summed E-state index contributed by atoms with van der Waals surface area (Å²) in [5.74, 6) is -0.226. The SMILES string of the molecule is COc1ccc(Nc2cc(C)ccc2C(N)=S)cc1F. The molecule has 0 heterocycles. The van der Waals surface area contributed by atoms with Crippen LogP contribution >= 0.6 is 12.2 Å². The molecule has 0 aliphatic rings. The highest BCUT2D eigenvalue weighted by atomic mass is 32.1. The third kappa shape index (κ3) is 3.05. The molecule has 2 aromatic rings. The smallest absolute Gasteiger partial charge is 0.167 e. The van der Waals surface area contributed by atoms with Gasteiger partial charge in [-0.2, -0.15) is 0 Å². The molecule has 2 rings (SSSR count). The van der Waals surface area contributed by atoms with E-state index in [1.807, 2.05) is 25.1 Å². The lowest BCUT2D eigenvalue weighted by atomic mass is 10.1. The van der Waals surface area contributed by atoms with Gasteiger partial charge in [0.15, 0.2) is 11.6 Å². The molecule has 0 bridgehead atoms. The summed E-state index contributed by atoms with van der Waals surface area (Å²) in [7, 11) is 1.43. The van der Waals surface area contributed by atoms with Crippen molar-refractivity contribution in [1.29, 1.82) is 0 Å². The molecule has 20 heavy (non-hydrogen) atoms. The predicted octanol–water partition coefficient (Wildman–Crippen LogP) is 3.52. The maximum absolute atomic E-state index is 13.7. The number of nitrogens with one attached hydrogen (secondary N) is 1. The topological polar surface area (TPSA) is 47.3 Å². The fourth-order valence-electron chi connectivity index (χ4n) is 1.88. The summed E-state index contributed by atoms with van der Waals surface area (Å²) >= 11 is 5.02. The van der Waals surface area contributed by atoms with Gasteiger partial charge in [-0.1, -0.05) is 18.3 Å². The maximum Gasteiger partial charge on any atom is 0.167 e. The van der Waals surface area contributed by atoms with Gasteiger partial charge in [-0.15, -0.1) is 0 Å². The second kappa shape index (κ2) is 5.88. The van der Waals surface area contributed by atoms with Crippen LogP contribution in [0, 0.1) is 12.7 Å². The van der Waals surface area contributed by atoms with Crippen molar-refractivity contribution in [2.24, 2.45) is 5.73 Å². The van der Waals surface area contributed by atoms with Crippen LogP contribution in [0.5, 0.6) is 5.75 Å². The van der Waals surface area contributed by atoms with Crippen LogP contribution in [0.2, 0.25) is 0 Å². The second-order valence-electron chi connectivity index (χ2n) is 4.39. The third-order valence-electron chi connectivity index (χ3n) is 2.87. The van der Waals surface area contributed by atoms with Crippen LogP contribution in [0.1, 0.15) is 11.1 Å².